The van der Waals surface area contributed by atoms with Crippen molar-refractivity contribution in [1.82, 2.24) is 15.3 Å². The fourth-order valence-corrected chi connectivity index (χ4v) is 5.19. The Balaban J connectivity index is 1.51. The van der Waals surface area contributed by atoms with Gasteiger partial charge in [0.1, 0.15) is 11.6 Å². The van der Waals surface area contributed by atoms with Gasteiger partial charge in [0, 0.05) is 49.2 Å². The van der Waals surface area contributed by atoms with E-state index >= 15 is 0 Å². The number of hydrazine groups is 1. The number of carbonyl (C=O) groups excluding carboxylic acids is 1. The first-order chi connectivity index (χ1) is 16.9. The van der Waals surface area contributed by atoms with E-state index in [1.807, 2.05) is 35.0 Å². The zero-order valence-corrected chi connectivity index (χ0v) is 21.4. The molecule has 0 saturated carbocycles. The standard InChI is InChI=1S/C25H24Cl2FN5OS/c1-15-13-21-29-20(14-35)22(24(33(21)30-15)18-3-2-4-19(26)23(18)27)25(34)32-11-9-31(10-12-32)17-7-5-16(28)6-8-17/h2-8,13,15,30,35H,9-12,14H2,1H3. The first-order valence-corrected chi connectivity index (χ1v) is 12.7. The molecule has 1 N–H and O–H groups in total. The fourth-order valence-electron chi connectivity index (χ4n) is 4.57. The topological polar surface area (TPSA) is 51.2 Å². The lowest BCUT2D eigenvalue weighted by Crippen LogP contribution is -2.51. The van der Waals surface area contributed by atoms with Crippen molar-refractivity contribution in [2.75, 3.05) is 36.8 Å². The predicted octanol–water partition coefficient (Wildman–Crippen LogP) is 4.63. The van der Waals surface area contributed by atoms with Crippen LogP contribution >= 0.6 is 35.8 Å². The normalized spacial score (nSPS) is 20.1. The second kappa shape index (κ2) is 9.85. The van der Waals surface area contributed by atoms with Crippen molar-refractivity contribution in [1.29, 1.82) is 0 Å². The number of halogens is 3. The van der Waals surface area contributed by atoms with Crippen molar-refractivity contribution in [3.05, 3.63) is 81.4 Å². The van der Waals surface area contributed by atoms with E-state index in [-0.39, 0.29) is 23.5 Å². The Hall–Kier alpha value is -2.52. The van der Waals surface area contributed by atoms with Crippen molar-refractivity contribution in [3.8, 4) is 0 Å². The summed E-state index contributed by atoms with van der Waals surface area (Å²) in [7, 11) is 0. The highest BCUT2D eigenvalue weighted by Crippen LogP contribution is 2.39. The number of amides is 1. The Morgan fingerprint density at radius 2 is 1.86 bits per heavy atom. The van der Waals surface area contributed by atoms with Gasteiger partial charge in [0.05, 0.1) is 27.0 Å². The molecule has 1 fully saturated rings. The third-order valence-electron chi connectivity index (χ3n) is 6.29. The Kier molecular flexibility index (Phi) is 6.81. The first kappa shape index (κ1) is 24.2. The van der Waals surface area contributed by atoms with E-state index in [2.05, 4.69) is 23.0 Å². The number of fused-ring (bicyclic) bond motifs is 1. The van der Waals surface area contributed by atoms with Gasteiger partial charge in [0.2, 0.25) is 0 Å². The number of hydrogen-bond acceptors (Lipinski definition) is 6. The molecule has 3 heterocycles. The molecule has 6 nitrogen and oxygen atoms in total. The van der Waals surface area contributed by atoms with Gasteiger partial charge in [-0.15, -0.1) is 0 Å². The van der Waals surface area contributed by atoms with Crippen LogP contribution in [0, 0.1) is 5.82 Å². The summed E-state index contributed by atoms with van der Waals surface area (Å²) in [4.78, 5) is 22.7. The number of piperazine rings is 1. The molecule has 0 radical (unpaired) electrons. The van der Waals surface area contributed by atoms with Crippen molar-refractivity contribution in [3.63, 3.8) is 0 Å². The number of thiol groups is 1. The van der Waals surface area contributed by atoms with Crippen molar-refractivity contribution >= 4 is 58.8 Å². The second-order valence-electron chi connectivity index (χ2n) is 8.58. The van der Waals surface area contributed by atoms with Gasteiger partial charge in [-0.1, -0.05) is 35.3 Å². The predicted molar refractivity (Wildman–Crippen MR) is 142 cm³/mol. The Morgan fingerprint density at radius 1 is 1.14 bits per heavy atom. The van der Waals surface area contributed by atoms with E-state index in [0.717, 1.165) is 5.69 Å². The number of carbonyl (C=O) groups is 1. The summed E-state index contributed by atoms with van der Waals surface area (Å²) in [5.41, 5.74) is 6.60. The van der Waals surface area contributed by atoms with Gasteiger partial charge in [-0.05, 0) is 43.3 Å². The molecule has 5 rings (SSSR count). The maximum Gasteiger partial charge on any atom is 0.258 e. The van der Waals surface area contributed by atoms with E-state index in [1.54, 1.807) is 18.2 Å². The van der Waals surface area contributed by atoms with Crippen LogP contribution in [0.25, 0.3) is 5.70 Å². The number of nitrogens with zero attached hydrogens (tertiary/aromatic N) is 4. The summed E-state index contributed by atoms with van der Waals surface area (Å²) < 4.78 is 13.3. The van der Waals surface area contributed by atoms with Gasteiger partial charge in [0.25, 0.3) is 5.91 Å². The number of rotatable bonds is 4. The van der Waals surface area contributed by atoms with E-state index < -0.39 is 0 Å². The van der Waals surface area contributed by atoms with Crippen LogP contribution in [0.1, 0.15) is 12.5 Å². The van der Waals surface area contributed by atoms with Gasteiger partial charge >= 0.3 is 0 Å². The molecule has 3 aliphatic heterocycles. The molecule has 0 aromatic heterocycles. The third kappa shape index (κ3) is 4.56. The number of hydrogen-bond donors (Lipinski definition) is 2. The van der Waals surface area contributed by atoms with Crippen LogP contribution in [0.3, 0.4) is 0 Å². The molecule has 1 amide bonds. The van der Waals surface area contributed by atoms with Crippen LogP contribution < -0.4 is 10.3 Å². The zero-order valence-electron chi connectivity index (χ0n) is 19.0. The third-order valence-corrected chi connectivity index (χ3v) is 7.41. The number of aliphatic imine (C=N–C) groups is 1. The fraction of sp³-hybridized carbons (Fsp3) is 0.280. The minimum atomic E-state index is -0.268. The molecule has 182 valence electrons. The summed E-state index contributed by atoms with van der Waals surface area (Å²) in [5.74, 6) is 0.585. The highest BCUT2D eigenvalue weighted by atomic mass is 35.5. The van der Waals surface area contributed by atoms with Crippen LogP contribution in [0.15, 0.2) is 64.9 Å². The van der Waals surface area contributed by atoms with Gasteiger partial charge in [-0.2, -0.15) is 12.6 Å². The summed E-state index contributed by atoms with van der Waals surface area (Å²) in [6.45, 7) is 4.31. The number of benzene rings is 2. The molecule has 3 aliphatic rings. The molecular weight excluding hydrogens is 508 g/mol. The molecule has 10 heteroatoms. The summed E-state index contributed by atoms with van der Waals surface area (Å²) in [6, 6.07) is 11.8. The molecule has 35 heavy (non-hydrogen) atoms. The molecule has 2 aromatic carbocycles. The minimum absolute atomic E-state index is 0.0246. The Labute approximate surface area is 219 Å². The lowest BCUT2D eigenvalue weighted by molar-refractivity contribution is -0.126. The maximum atomic E-state index is 14.0. The maximum absolute atomic E-state index is 14.0. The molecule has 2 aromatic rings. The van der Waals surface area contributed by atoms with Crippen LogP contribution in [0.5, 0.6) is 0 Å². The summed E-state index contributed by atoms with van der Waals surface area (Å²) in [6.07, 6.45) is 1.99. The van der Waals surface area contributed by atoms with Gasteiger partial charge in [0.15, 0.2) is 0 Å². The highest BCUT2D eigenvalue weighted by Gasteiger charge is 2.38. The van der Waals surface area contributed by atoms with Crippen LogP contribution in [0.4, 0.5) is 10.1 Å². The van der Waals surface area contributed by atoms with Crippen LogP contribution in [-0.2, 0) is 4.79 Å². The van der Waals surface area contributed by atoms with Crippen LogP contribution in [0.2, 0.25) is 10.0 Å². The van der Waals surface area contributed by atoms with E-state index in [1.165, 1.54) is 12.1 Å². The SMILES string of the molecule is CC1C=C2N=C(CS)C(C(=O)N3CCN(c4ccc(F)cc4)CC3)=C(c3cccc(Cl)c3Cl)N2N1. The summed E-state index contributed by atoms with van der Waals surface area (Å²) >= 11 is 17.5. The van der Waals surface area contributed by atoms with Crippen molar-refractivity contribution < 1.29 is 9.18 Å². The monoisotopic (exact) mass is 531 g/mol. The van der Waals surface area contributed by atoms with Crippen molar-refractivity contribution in [2.45, 2.75) is 13.0 Å². The average molecular weight is 532 g/mol. The number of anilines is 1. The average Bonchev–Trinajstić information content (AvgIpc) is 3.24. The lowest BCUT2D eigenvalue weighted by atomic mass is 9.99. The van der Waals surface area contributed by atoms with Crippen LogP contribution in [-0.4, -0.2) is 59.5 Å². The highest BCUT2D eigenvalue weighted by molar-refractivity contribution is 7.81. The Bertz CT molecular complexity index is 1260. The lowest BCUT2D eigenvalue weighted by Gasteiger charge is -2.38. The van der Waals surface area contributed by atoms with E-state index in [0.29, 0.717) is 64.6 Å². The minimum Gasteiger partial charge on any atom is -0.368 e. The quantitative estimate of drug-likeness (QED) is 0.565. The van der Waals surface area contributed by atoms with E-state index in [9.17, 15) is 9.18 Å². The molecule has 1 atom stereocenters. The molecule has 0 spiro atoms. The smallest absolute Gasteiger partial charge is 0.258 e. The number of nitrogens with one attached hydrogen (secondary N) is 1. The molecule has 0 bridgehead atoms. The van der Waals surface area contributed by atoms with Crippen molar-refractivity contribution in [2.24, 2.45) is 4.99 Å². The molecular formula is C25H24Cl2FN5OS. The van der Waals surface area contributed by atoms with Gasteiger partial charge in [-0.3, -0.25) is 9.80 Å². The van der Waals surface area contributed by atoms with Gasteiger partial charge in [-0.25, -0.2) is 14.8 Å². The van der Waals surface area contributed by atoms with E-state index in [4.69, 9.17) is 28.2 Å². The summed E-state index contributed by atoms with van der Waals surface area (Å²) in [5, 5.41) is 2.60. The second-order valence-corrected chi connectivity index (χ2v) is 9.68. The molecule has 0 aliphatic carbocycles. The van der Waals surface area contributed by atoms with Gasteiger partial charge < -0.3 is 9.80 Å². The zero-order chi connectivity index (χ0) is 24.7. The first-order valence-electron chi connectivity index (χ1n) is 11.3. The largest absolute Gasteiger partial charge is 0.368 e. The molecule has 1 saturated heterocycles. The molecule has 1 unspecified atom stereocenters. The Morgan fingerprint density at radius 3 is 2.54 bits per heavy atom.